The Balaban J connectivity index is 2.34. The second-order valence-corrected chi connectivity index (χ2v) is 8.36. The number of nitrogens with zero attached hydrogens (tertiary/aromatic N) is 1. The van der Waals surface area contributed by atoms with Crippen LogP contribution in [-0.2, 0) is 0 Å². The van der Waals surface area contributed by atoms with Gasteiger partial charge in [-0.05, 0) is 81.5 Å². The molecule has 2 unspecified atom stereocenters. The summed E-state index contributed by atoms with van der Waals surface area (Å²) in [5, 5.41) is 0. The average molecular weight is 283 g/mol. The van der Waals surface area contributed by atoms with Gasteiger partial charge in [0.1, 0.15) is 0 Å². The Morgan fingerprint density at radius 2 is 1.85 bits per heavy atom. The van der Waals surface area contributed by atoms with E-state index in [-0.39, 0.29) is 0 Å². The smallest absolute Gasteiger partial charge is 0.00156 e. The third-order valence-electron chi connectivity index (χ3n) is 5.04. The van der Waals surface area contributed by atoms with E-state index in [1.165, 1.54) is 51.7 Å². The molecule has 1 aliphatic heterocycles. The van der Waals surface area contributed by atoms with Crippen LogP contribution in [0.25, 0.3) is 0 Å². The van der Waals surface area contributed by atoms with E-state index in [1.807, 2.05) is 0 Å². The SMILES string of the molecule is CC(C)CC(CN)CCN1CCCC(C(C)(C)C)CC1. The van der Waals surface area contributed by atoms with Crippen molar-refractivity contribution in [3.8, 4) is 0 Å². The van der Waals surface area contributed by atoms with Gasteiger partial charge in [0.25, 0.3) is 0 Å². The van der Waals surface area contributed by atoms with Crippen LogP contribution in [0.2, 0.25) is 0 Å². The van der Waals surface area contributed by atoms with Gasteiger partial charge in [-0.3, -0.25) is 0 Å². The highest BCUT2D eigenvalue weighted by atomic mass is 15.1. The average Bonchev–Trinajstić information content (AvgIpc) is 2.58. The first kappa shape index (κ1) is 18.0. The Bertz CT molecular complexity index is 255. The summed E-state index contributed by atoms with van der Waals surface area (Å²) in [6.45, 7) is 16.5. The molecule has 2 nitrogen and oxygen atoms in total. The van der Waals surface area contributed by atoms with Crippen molar-refractivity contribution in [2.45, 2.75) is 66.7 Å². The van der Waals surface area contributed by atoms with Crippen LogP contribution in [0.15, 0.2) is 0 Å². The lowest BCUT2D eigenvalue weighted by molar-refractivity contribution is 0.203. The van der Waals surface area contributed by atoms with Crippen molar-refractivity contribution < 1.29 is 0 Å². The molecule has 20 heavy (non-hydrogen) atoms. The number of likely N-dealkylation sites (tertiary alicyclic amines) is 1. The second-order valence-electron chi connectivity index (χ2n) is 8.36. The summed E-state index contributed by atoms with van der Waals surface area (Å²) in [6.07, 6.45) is 6.73. The molecule has 0 aromatic heterocycles. The number of hydrogen-bond donors (Lipinski definition) is 1. The van der Waals surface area contributed by atoms with Crippen LogP contribution in [0.3, 0.4) is 0 Å². The van der Waals surface area contributed by atoms with Crippen LogP contribution in [-0.4, -0.2) is 31.1 Å². The van der Waals surface area contributed by atoms with Gasteiger partial charge in [-0.25, -0.2) is 0 Å². The van der Waals surface area contributed by atoms with E-state index < -0.39 is 0 Å². The molecule has 1 rings (SSSR count). The highest BCUT2D eigenvalue weighted by molar-refractivity contribution is 4.79. The van der Waals surface area contributed by atoms with Crippen molar-refractivity contribution in [2.24, 2.45) is 28.9 Å². The molecule has 0 spiro atoms. The number of nitrogens with two attached hydrogens (primary N) is 1. The van der Waals surface area contributed by atoms with Gasteiger partial charge in [-0.2, -0.15) is 0 Å². The Morgan fingerprint density at radius 3 is 2.40 bits per heavy atom. The summed E-state index contributed by atoms with van der Waals surface area (Å²) in [4.78, 5) is 2.69. The standard InChI is InChI=1S/C18H38N2/c1-15(2)13-16(14-19)8-11-20-10-6-7-17(9-12-20)18(3,4)5/h15-17H,6-14,19H2,1-5H3. The lowest BCUT2D eigenvalue weighted by Crippen LogP contribution is -2.30. The quantitative estimate of drug-likeness (QED) is 0.793. The van der Waals surface area contributed by atoms with Gasteiger partial charge in [-0.15, -0.1) is 0 Å². The molecule has 0 radical (unpaired) electrons. The molecule has 2 heteroatoms. The highest BCUT2D eigenvalue weighted by Gasteiger charge is 2.27. The van der Waals surface area contributed by atoms with Gasteiger partial charge < -0.3 is 10.6 Å². The molecule has 0 bridgehead atoms. The number of rotatable bonds is 6. The van der Waals surface area contributed by atoms with Gasteiger partial charge >= 0.3 is 0 Å². The predicted octanol–water partition coefficient (Wildman–Crippen LogP) is 4.15. The van der Waals surface area contributed by atoms with Crippen molar-refractivity contribution in [2.75, 3.05) is 26.2 Å². The van der Waals surface area contributed by atoms with Crippen molar-refractivity contribution in [1.82, 2.24) is 4.90 Å². The first-order valence-electron chi connectivity index (χ1n) is 8.75. The van der Waals surface area contributed by atoms with Gasteiger partial charge in [0, 0.05) is 0 Å². The molecule has 1 aliphatic rings. The maximum Gasteiger partial charge on any atom is -0.00156 e. The van der Waals surface area contributed by atoms with Crippen LogP contribution in [0, 0.1) is 23.2 Å². The van der Waals surface area contributed by atoms with Crippen LogP contribution in [0.1, 0.15) is 66.7 Å². The molecule has 2 N–H and O–H groups in total. The molecule has 0 aromatic rings. The molecule has 0 aliphatic carbocycles. The monoisotopic (exact) mass is 282 g/mol. The van der Waals surface area contributed by atoms with Gasteiger partial charge in [0.05, 0.1) is 0 Å². The lowest BCUT2D eigenvalue weighted by Gasteiger charge is -2.30. The van der Waals surface area contributed by atoms with Gasteiger partial charge in [-0.1, -0.05) is 34.6 Å². The molecule has 1 heterocycles. The zero-order chi connectivity index (χ0) is 15.2. The Labute approximate surface area is 127 Å². The topological polar surface area (TPSA) is 29.3 Å². The van der Waals surface area contributed by atoms with Crippen molar-refractivity contribution in [1.29, 1.82) is 0 Å². The van der Waals surface area contributed by atoms with Crippen LogP contribution >= 0.6 is 0 Å². The van der Waals surface area contributed by atoms with Crippen LogP contribution < -0.4 is 5.73 Å². The Morgan fingerprint density at radius 1 is 1.15 bits per heavy atom. The predicted molar refractivity (Wildman–Crippen MR) is 89.9 cm³/mol. The summed E-state index contributed by atoms with van der Waals surface area (Å²) >= 11 is 0. The molecule has 120 valence electrons. The molecule has 2 atom stereocenters. The third kappa shape index (κ3) is 6.58. The minimum atomic E-state index is 0.480. The zero-order valence-corrected chi connectivity index (χ0v) is 14.6. The molecular weight excluding hydrogens is 244 g/mol. The van der Waals surface area contributed by atoms with Crippen molar-refractivity contribution in [3.63, 3.8) is 0 Å². The fourth-order valence-electron chi connectivity index (χ4n) is 3.61. The minimum absolute atomic E-state index is 0.480. The first-order chi connectivity index (χ1) is 9.32. The van der Waals surface area contributed by atoms with Gasteiger partial charge in [0.2, 0.25) is 0 Å². The first-order valence-corrected chi connectivity index (χ1v) is 8.75. The van der Waals surface area contributed by atoms with E-state index in [0.717, 1.165) is 24.3 Å². The van der Waals surface area contributed by atoms with Crippen molar-refractivity contribution in [3.05, 3.63) is 0 Å². The maximum atomic E-state index is 5.93. The lowest BCUT2D eigenvalue weighted by atomic mass is 9.77. The number of hydrogen-bond acceptors (Lipinski definition) is 2. The summed E-state index contributed by atoms with van der Waals surface area (Å²) in [5.74, 6) is 2.39. The molecule has 0 aromatic carbocycles. The van der Waals surface area contributed by atoms with Crippen LogP contribution in [0.4, 0.5) is 0 Å². The minimum Gasteiger partial charge on any atom is -0.330 e. The Kier molecular flexibility index (Phi) is 7.53. The largest absolute Gasteiger partial charge is 0.330 e. The van der Waals surface area contributed by atoms with E-state index in [1.54, 1.807) is 0 Å². The molecular formula is C18H38N2. The summed E-state index contributed by atoms with van der Waals surface area (Å²) in [7, 11) is 0. The van der Waals surface area contributed by atoms with E-state index in [0.29, 0.717) is 5.41 Å². The highest BCUT2D eigenvalue weighted by Crippen LogP contribution is 2.34. The maximum absolute atomic E-state index is 5.93. The summed E-state index contributed by atoms with van der Waals surface area (Å²) in [6, 6.07) is 0. The van der Waals surface area contributed by atoms with E-state index in [4.69, 9.17) is 5.73 Å². The van der Waals surface area contributed by atoms with Crippen molar-refractivity contribution >= 4 is 0 Å². The second kappa shape index (κ2) is 8.38. The molecule has 1 fully saturated rings. The molecule has 1 saturated heterocycles. The molecule has 0 saturated carbocycles. The van der Waals surface area contributed by atoms with E-state index in [2.05, 4.69) is 39.5 Å². The zero-order valence-electron chi connectivity index (χ0n) is 14.6. The van der Waals surface area contributed by atoms with E-state index >= 15 is 0 Å². The fourth-order valence-corrected chi connectivity index (χ4v) is 3.61. The van der Waals surface area contributed by atoms with Gasteiger partial charge in [0.15, 0.2) is 0 Å². The molecule has 0 amide bonds. The summed E-state index contributed by atoms with van der Waals surface area (Å²) in [5.41, 5.74) is 6.41. The normalized spacial score (nSPS) is 23.9. The summed E-state index contributed by atoms with van der Waals surface area (Å²) < 4.78 is 0. The van der Waals surface area contributed by atoms with E-state index in [9.17, 15) is 0 Å². The third-order valence-corrected chi connectivity index (χ3v) is 5.04. The fraction of sp³-hybridized carbons (Fsp3) is 1.00. The van der Waals surface area contributed by atoms with Crippen LogP contribution in [0.5, 0.6) is 0 Å². The Hall–Kier alpha value is -0.0800.